The molecule has 3 nitrogen and oxygen atoms in total. The summed E-state index contributed by atoms with van der Waals surface area (Å²) in [6.07, 6.45) is 4.05. The van der Waals surface area contributed by atoms with Gasteiger partial charge in [-0.15, -0.1) is 0 Å². The molecule has 0 amide bonds. The first-order valence-electron chi connectivity index (χ1n) is 5.58. The van der Waals surface area contributed by atoms with Crippen LogP contribution in [-0.2, 0) is 10.0 Å². The molecule has 0 heterocycles. The van der Waals surface area contributed by atoms with Crippen molar-refractivity contribution >= 4 is 10.0 Å². The second kappa shape index (κ2) is 5.12. The topological polar surface area (TPSA) is 37.4 Å². The minimum Gasteiger partial charge on any atom is -0.212 e. The van der Waals surface area contributed by atoms with Crippen LogP contribution in [-0.4, -0.2) is 31.6 Å². The van der Waals surface area contributed by atoms with Crippen molar-refractivity contribution in [3.05, 3.63) is 0 Å². The Morgan fingerprint density at radius 1 is 1.21 bits per heavy atom. The van der Waals surface area contributed by atoms with Crippen molar-refractivity contribution in [1.82, 2.24) is 4.31 Å². The van der Waals surface area contributed by atoms with Gasteiger partial charge in [0.2, 0.25) is 10.0 Å². The standard InChI is InChI=1S/C10H21NO2S/c1-3-7-11(9-10-5-6-10)14(12,13)8-4-2/h10H,3-9H2,1-2H3. The van der Waals surface area contributed by atoms with Gasteiger partial charge in [-0.05, 0) is 31.6 Å². The predicted molar refractivity (Wildman–Crippen MR) is 58.7 cm³/mol. The largest absolute Gasteiger partial charge is 0.214 e. The lowest BCUT2D eigenvalue weighted by Gasteiger charge is -2.20. The third-order valence-electron chi connectivity index (χ3n) is 2.49. The summed E-state index contributed by atoms with van der Waals surface area (Å²) in [4.78, 5) is 0. The monoisotopic (exact) mass is 219 g/mol. The molecule has 0 N–H and O–H groups in total. The molecular weight excluding hydrogens is 198 g/mol. The molecule has 4 heteroatoms. The first kappa shape index (κ1) is 12.0. The summed E-state index contributed by atoms with van der Waals surface area (Å²) in [7, 11) is -2.96. The minimum absolute atomic E-state index is 0.305. The van der Waals surface area contributed by atoms with E-state index in [1.807, 2.05) is 13.8 Å². The first-order valence-corrected chi connectivity index (χ1v) is 7.19. The molecule has 14 heavy (non-hydrogen) atoms. The Morgan fingerprint density at radius 3 is 2.29 bits per heavy atom. The zero-order valence-electron chi connectivity index (χ0n) is 9.20. The minimum atomic E-state index is -2.96. The molecule has 1 aliphatic carbocycles. The Morgan fingerprint density at radius 2 is 1.86 bits per heavy atom. The second-order valence-electron chi connectivity index (χ2n) is 4.12. The summed E-state index contributed by atoms with van der Waals surface area (Å²) in [5.74, 6) is 0.952. The Hall–Kier alpha value is -0.0900. The summed E-state index contributed by atoms with van der Waals surface area (Å²) in [5.41, 5.74) is 0. The van der Waals surface area contributed by atoms with Gasteiger partial charge in [0.1, 0.15) is 0 Å². The molecule has 1 fully saturated rings. The van der Waals surface area contributed by atoms with Crippen LogP contribution in [0.4, 0.5) is 0 Å². The Bertz CT molecular complexity index is 257. The fourth-order valence-corrected chi connectivity index (χ4v) is 3.24. The molecule has 0 aromatic heterocycles. The second-order valence-corrected chi connectivity index (χ2v) is 6.21. The van der Waals surface area contributed by atoms with Crippen LogP contribution in [0.1, 0.15) is 39.5 Å². The smallest absolute Gasteiger partial charge is 0.212 e. The van der Waals surface area contributed by atoms with E-state index in [4.69, 9.17) is 0 Å². The summed E-state index contributed by atoms with van der Waals surface area (Å²) < 4.78 is 25.3. The van der Waals surface area contributed by atoms with Crippen LogP contribution in [0.5, 0.6) is 0 Å². The Balaban J connectivity index is 2.54. The summed E-state index contributed by atoms with van der Waals surface area (Å²) in [6.45, 7) is 5.40. The van der Waals surface area contributed by atoms with E-state index >= 15 is 0 Å². The van der Waals surface area contributed by atoms with Crippen molar-refractivity contribution in [3.8, 4) is 0 Å². The van der Waals surface area contributed by atoms with E-state index < -0.39 is 10.0 Å². The highest BCUT2D eigenvalue weighted by molar-refractivity contribution is 7.89. The predicted octanol–water partition coefficient (Wildman–Crippen LogP) is 1.85. The molecule has 0 aliphatic heterocycles. The molecular formula is C10H21NO2S. The maximum Gasteiger partial charge on any atom is 0.214 e. The third-order valence-corrected chi connectivity index (χ3v) is 4.53. The molecule has 0 unspecified atom stereocenters. The molecule has 0 bridgehead atoms. The van der Waals surface area contributed by atoms with Crippen LogP contribution in [0.15, 0.2) is 0 Å². The average Bonchev–Trinajstić information content (AvgIpc) is 2.87. The highest BCUT2D eigenvalue weighted by atomic mass is 32.2. The van der Waals surface area contributed by atoms with E-state index in [0.717, 1.165) is 13.0 Å². The lowest BCUT2D eigenvalue weighted by atomic mass is 10.4. The number of nitrogens with zero attached hydrogens (tertiary/aromatic N) is 1. The molecule has 1 saturated carbocycles. The van der Waals surface area contributed by atoms with E-state index in [1.165, 1.54) is 12.8 Å². The molecule has 0 radical (unpaired) electrons. The van der Waals surface area contributed by atoms with Crippen LogP contribution in [0.25, 0.3) is 0 Å². The highest BCUT2D eigenvalue weighted by Crippen LogP contribution is 2.30. The molecule has 0 aromatic carbocycles. The van der Waals surface area contributed by atoms with Crippen LogP contribution < -0.4 is 0 Å². The SMILES string of the molecule is CCCN(CC1CC1)S(=O)(=O)CCC. The van der Waals surface area contributed by atoms with Gasteiger partial charge in [-0.2, -0.15) is 0 Å². The van der Waals surface area contributed by atoms with Crippen molar-refractivity contribution < 1.29 is 8.42 Å². The quantitative estimate of drug-likeness (QED) is 0.655. The fraction of sp³-hybridized carbons (Fsp3) is 1.00. The number of hydrogen-bond acceptors (Lipinski definition) is 2. The van der Waals surface area contributed by atoms with Crippen LogP contribution in [0.2, 0.25) is 0 Å². The van der Waals surface area contributed by atoms with Gasteiger partial charge in [0.25, 0.3) is 0 Å². The van der Waals surface area contributed by atoms with Gasteiger partial charge >= 0.3 is 0 Å². The molecule has 0 atom stereocenters. The molecule has 0 aromatic rings. The van der Waals surface area contributed by atoms with Gasteiger partial charge in [0.15, 0.2) is 0 Å². The van der Waals surface area contributed by atoms with Crippen molar-refractivity contribution in [3.63, 3.8) is 0 Å². The van der Waals surface area contributed by atoms with E-state index in [-0.39, 0.29) is 0 Å². The normalized spacial score (nSPS) is 17.6. The van der Waals surface area contributed by atoms with Crippen molar-refractivity contribution in [2.75, 3.05) is 18.8 Å². The van der Waals surface area contributed by atoms with Gasteiger partial charge in [-0.25, -0.2) is 12.7 Å². The van der Waals surface area contributed by atoms with Crippen LogP contribution >= 0.6 is 0 Å². The fourth-order valence-electron chi connectivity index (χ4n) is 1.57. The third kappa shape index (κ3) is 3.58. The lowest BCUT2D eigenvalue weighted by molar-refractivity contribution is 0.395. The van der Waals surface area contributed by atoms with Gasteiger partial charge in [-0.1, -0.05) is 13.8 Å². The summed E-state index contributed by atoms with van der Waals surface area (Å²) in [5, 5.41) is 0. The van der Waals surface area contributed by atoms with Gasteiger partial charge in [0.05, 0.1) is 5.75 Å². The zero-order valence-corrected chi connectivity index (χ0v) is 10.0. The average molecular weight is 219 g/mol. The van der Waals surface area contributed by atoms with Gasteiger partial charge in [-0.3, -0.25) is 0 Å². The van der Waals surface area contributed by atoms with E-state index in [1.54, 1.807) is 4.31 Å². The maximum absolute atomic E-state index is 11.8. The van der Waals surface area contributed by atoms with Gasteiger partial charge < -0.3 is 0 Å². The zero-order chi connectivity index (χ0) is 10.6. The van der Waals surface area contributed by atoms with Crippen molar-refractivity contribution in [2.24, 2.45) is 5.92 Å². The Labute approximate surface area is 87.5 Å². The number of hydrogen-bond donors (Lipinski definition) is 0. The number of sulfonamides is 1. The summed E-state index contributed by atoms with van der Waals surface area (Å²) >= 11 is 0. The van der Waals surface area contributed by atoms with E-state index in [9.17, 15) is 8.42 Å². The maximum atomic E-state index is 11.8. The molecule has 84 valence electrons. The van der Waals surface area contributed by atoms with E-state index in [2.05, 4.69) is 0 Å². The number of rotatable bonds is 7. The molecule has 0 spiro atoms. The lowest BCUT2D eigenvalue weighted by Crippen LogP contribution is -2.35. The highest BCUT2D eigenvalue weighted by Gasteiger charge is 2.29. The van der Waals surface area contributed by atoms with Crippen LogP contribution in [0, 0.1) is 5.92 Å². The summed E-state index contributed by atoms with van der Waals surface area (Å²) in [6, 6.07) is 0. The van der Waals surface area contributed by atoms with E-state index in [0.29, 0.717) is 24.6 Å². The molecule has 0 saturated heterocycles. The first-order chi connectivity index (χ1) is 6.60. The van der Waals surface area contributed by atoms with Crippen molar-refractivity contribution in [1.29, 1.82) is 0 Å². The Kier molecular flexibility index (Phi) is 4.38. The molecule has 1 aliphatic rings. The van der Waals surface area contributed by atoms with Crippen molar-refractivity contribution in [2.45, 2.75) is 39.5 Å². The molecule has 1 rings (SSSR count). The van der Waals surface area contributed by atoms with Crippen LogP contribution in [0.3, 0.4) is 0 Å². The van der Waals surface area contributed by atoms with Gasteiger partial charge in [0, 0.05) is 13.1 Å².